The summed E-state index contributed by atoms with van der Waals surface area (Å²) in [5.41, 5.74) is 6.09. The van der Waals surface area contributed by atoms with E-state index in [0.29, 0.717) is 6.54 Å². The summed E-state index contributed by atoms with van der Waals surface area (Å²) >= 11 is 0. The minimum Gasteiger partial charge on any atom is -0.440 e. The molecule has 98 valence electrons. The van der Waals surface area contributed by atoms with Gasteiger partial charge in [0.25, 0.3) is 0 Å². The highest BCUT2D eigenvalue weighted by atomic mass is 16.6. The summed E-state index contributed by atoms with van der Waals surface area (Å²) in [7, 11) is 0. The van der Waals surface area contributed by atoms with Gasteiger partial charge in [-0.15, -0.1) is 0 Å². The van der Waals surface area contributed by atoms with Gasteiger partial charge in [0.1, 0.15) is 6.10 Å². The third-order valence-corrected chi connectivity index (χ3v) is 2.96. The first-order valence-electron chi connectivity index (χ1n) is 6.07. The van der Waals surface area contributed by atoms with Crippen molar-refractivity contribution < 1.29 is 14.3 Å². The Morgan fingerprint density at radius 1 is 1.33 bits per heavy atom. The van der Waals surface area contributed by atoms with Gasteiger partial charge >= 0.3 is 6.09 Å². The summed E-state index contributed by atoms with van der Waals surface area (Å²) < 4.78 is 10.5. The normalized spacial score (nSPS) is 18.2. The number of nitrogens with two attached hydrogens (primary N) is 1. The van der Waals surface area contributed by atoms with Gasteiger partial charge in [0.15, 0.2) is 0 Å². The molecule has 1 atom stereocenters. The number of hydrogen-bond acceptors (Lipinski definition) is 4. The molecule has 0 saturated carbocycles. The first kappa shape index (κ1) is 12.9. The lowest BCUT2D eigenvalue weighted by atomic mass is 10.1. The van der Waals surface area contributed by atoms with Gasteiger partial charge in [-0.1, -0.05) is 30.3 Å². The van der Waals surface area contributed by atoms with Crippen molar-refractivity contribution >= 4 is 6.09 Å². The molecule has 0 aliphatic carbocycles. The van der Waals surface area contributed by atoms with Gasteiger partial charge < -0.3 is 15.2 Å². The molecule has 1 unspecified atom stereocenters. The van der Waals surface area contributed by atoms with Crippen LogP contribution in [0.2, 0.25) is 0 Å². The molecule has 2 N–H and O–H groups in total. The number of morpholine rings is 1. The van der Waals surface area contributed by atoms with Crippen LogP contribution in [0.5, 0.6) is 0 Å². The molecule has 1 aliphatic rings. The zero-order valence-corrected chi connectivity index (χ0v) is 10.2. The molecule has 1 amide bonds. The summed E-state index contributed by atoms with van der Waals surface area (Å²) in [6.07, 6.45) is -1.06. The minimum atomic E-state index is -0.739. The van der Waals surface area contributed by atoms with Gasteiger partial charge in [-0.05, 0) is 5.56 Å². The first-order valence-corrected chi connectivity index (χ1v) is 6.07. The predicted molar refractivity (Wildman–Crippen MR) is 67.1 cm³/mol. The van der Waals surface area contributed by atoms with Gasteiger partial charge in [-0.25, -0.2) is 4.79 Å². The molecule has 5 nitrogen and oxygen atoms in total. The van der Waals surface area contributed by atoms with E-state index in [-0.39, 0.29) is 6.10 Å². The Hall–Kier alpha value is -1.59. The van der Waals surface area contributed by atoms with Crippen molar-refractivity contribution in [3.63, 3.8) is 0 Å². The van der Waals surface area contributed by atoms with Crippen molar-refractivity contribution in [2.75, 3.05) is 32.8 Å². The summed E-state index contributed by atoms with van der Waals surface area (Å²) in [6.45, 7) is 3.80. The van der Waals surface area contributed by atoms with Gasteiger partial charge in [0.05, 0.1) is 13.2 Å². The topological polar surface area (TPSA) is 64.8 Å². The van der Waals surface area contributed by atoms with Crippen molar-refractivity contribution in [3.05, 3.63) is 35.9 Å². The van der Waals surface area contributed by atoms with Crippen LogP contribution in [0, 0.1) is 0 Å². The Morgan fingerprint density at radius 2 is 2.00 bits per heavy atom. The van der Waals surface area contributed by atoms with Crippen molar-refractivity contribution in [2.45, 2.75) is 6.10 Å². The van der Waals surface area contributed by atoms with Crippen LogP contribution in [0.1, 0.15) is 11.7 Å². The van der Waals surface area contributed by atoms with E-state index in [1.807, 2.05) is 30.3 Å². The maximum absolute atomic E-state index is 11.0. The molecule has 0 aromatic heterocycles. The Labute approximate surface area is 106 Å². The number of carbonyl (C=O) groups excluding carboxylic acids is 1. The fraction of sp³-hybridized carbons (Fsp3) is 0.462. The number of carbonyl (C=O) groups is 1. The number of ether oxygens (including phenoxy) is 2. The lowest BCUT2D eigenvalue weighted by Crippen LogP contribution is -2.40. The Morgan fingerprint density at radius 3 is 2.61 bits per heavy atom. The molecule has 5 heteroatoms. The Kier molecular flexibility index (Phi) is 4.55. The highest BCUT2D eigenvalue weighted by Crippen LogP contribution is 2.19. The van der Waals surface area contributed by atoms with E-state index in [4.69, 9.17) is 15.2 Å². The van der Waals surface area contributed by atoms with Gasteiger partial charge in [0, 0.05) is 19.6 Å². The zero-order chi connectivity index (χ0) is 12.8. The zero-order valence-electron chi connectivity index (χ0n) is 10.2. The molecular formula is C13H18N2O3. The maximum atomic E-state index is 11.0. The van der Waals surface area contributed by atoms with E-state index in [0.717, 1.165) is 31.9 Å². The second-order valence-corrected chi connectivity index (χ2v) is 4.25. The number of nitrogens with zero attached hydrogens (tertiary/aromatic N) is 1. The third kappa shape index (κ3) is 3.72. The predicted octanol–water partition coefficient (Wildman–Crippen LogP) is 1.16. The molecule has 0 bridgehead atoms. The summed E-state index contributed by atoms with van der Waals surface area (Å²) in [6, 6.07) is 9.65. The average Bonchev–Trinajstić information content (AvgIpc) is 2.40. The molecular weight excluding hydrogens is 232 g/mol. The van der Waals surface area contributed by atoms with Crippen LogP contribution in [0.3, 0.4) is 0 Å². The Bertz CT molecular complexity index is 377. The lowest BCUT2D eigenvalue weighted by Gasteiger charge is -2.30. The molecule has 1 heterocycles. The standard InChI is InChI=1S/C13H18N2O3/c14-13(16)18-12(11-4-2-1-3-5-11)10-15-6-8-17-9-7-15/h1-5,12H,6-10H2,(H2,14,16). The molecule has 1 aromatic carbocycles. The fourth-order valence-electron chi connectivity index (χ4n) is 2.04. The minimum absolute atomic E-state index is 0.318. The van der Waals surface area contributed by atoms with E-state index in [9.17, 15) is 4.79 Å². The number of primary amides is 1. The number of benzene rings is 1. The first-order chi connectivity index (χ1) is 8.75. The summed E-state index contributed by atoms with van der Waals surface area (Å²) in [5, 5.41) is 0. The second-order valence-electron chi connectivity index (χ2n) is 4.25. The fourth-order valence-corrected chi connectivity index (χ4v) is 2.04. The molecule has 2 rings (SSSR count). The average molecular weight is 250 g/mol. The quantitative estimate of drug-likeness (QED) is 0.870. The molecule has 1 saturated heterocycles. The molecule has 1 aliphatic heterocycles. The number of rotatable bonds is 4. The second kappa shape index (κ2) is 6.37. The summed E-state index contributed by atoms with van der Waals surface area (Å²) in [4.78, 5) is 13.2. The molecule has 1 fully saturated rings. The smallest absolute Gasteiger partial charge is 0.405 e. The van der Waals surface area contributed by atoms with Crippen molar-refractivity contribution in [1.82, 2.24) is 4.90 Å². The van der Waals surface area contributed by atoms with Gasteiger partial charge in [-0.2, -0.15) is 0 Å². The monoisotopic (exact) mass is 250 g/mol. The van der Waals surface area contributed by atoms with E-state index in [2.05, 4.69) is 4.90 Å². The van der Waals surface area contributed by atoms with Crippen LogP contribution in [0.4, 0.5) is 4.79 Å². The lowest BCUT2D eigenvalue weighted by molar-refractivity contribution is 0.00982. The van der Waals surface area contributed by atoms with Crippen LogP contribution in [0.25, 0.3) is 0 Å². The number of amides is 1. The van der Waals surface area contributed by atoms with Crippen molar-refractivity contribution in [3.8, 4) is 0 Å². The molecule has 0 radical (unpaired) electrons. The molecule has 0 spiro atoms. The summed E-state index contributed by atoms with van der Waals surface area (Å²) in [5.74, 6) is 0. The largest absolute Gasteiger partial charge is 0.440 e. The SMILES string of the molecule is NC(=O)OC(CN1CCOCC1)c1ccccc1. The van der Waals surface area contributed by atoms with Crippen molar-refractivity contribution in [1.29, 1.82) is 0 Å². The van der Waals surface area contributed by atoms with Gasteiger partial charge in [0.2, 0.25) is 0 Å². The van der Waals surface area contributed by atoms with Crippen LogP contribution in [-0.4, -0.2) is 43.8 Å². The molecule has 18 heavy (non-hydrogen) atoms. The maximum Gasteiger partial charge on any atom is 0.405 e. The van der Waals surface area contributed by atoms with Crippen molar-refractivity contribution in [2.24, 2.45) is 5.73 Å². The Balaban J connectivity index is 2.02. The van der Waals surface area contributed by atoms with Crippen LogP contribution >= 0.6 is 0 Å². The van der Waals surface area contributed by atoms with E-state index in [1.165, 1.54) is 0 Å². The van der Waals surface area contributed by atoms with E-state index >= 15 is 0 Å². The van der Waals surface area contributed by atoms with Crippen LogP contribution < -0.4 is 5.73 Å². The van der Waals surface area contributed by atoms with Crippen LogP contribution in [0.15, 0.2) is 30.3 Å². The highest BCUT2D eigenvalue weighted by Gasteiger charge is 2.20. The molecule has 1 aromatic rings. The van der Waals surface area contributed by atoms with Crippen LogP contribution in [-0.2, 0) is 9.47 Å². The van der Waals surface area contributed by atoms with Gasteiger partial charge in [-0.3, -0.25) is 4.90 Å². The van der Waals surface area contributed by atoms with E-state index < -0.39 is 6.09 Å². The highest BCUT2D eigenvalue weighted by molar-refractivity contribution is 5.65. The third-order valence-electron chi connectivity index (χ3n) is 2.96. The van der Waals surface area contributed by atoms with E-state index in [1.54, 1.807) is 0 Å². The number of hydrogen-bond donors (Lipinski definition) is 1.